The number of pyridine rings is 1. The van der Waals surface area contributed by atoms with E-state index in [2.05, 4.69) is 28.3 Å². The van der Waals surface area contributed by atoms with Crippen LogP contribution in [0.1, 0.15) is 31.9 Å². The minimum absolute atomic E-state index is 0.410. The largest absolute Gasteiger partial charge is 0.444 e. The van der Waals surface area contributed by atoms with Crippen molar-refractivity contribution in [3.63, 3.8) is 0 Å². The molecule has 1 aromatic carbocycles. The molecule has 2 heterocycles. The summed E-state index contributed by atoms with van der Waals surface area (Å²) in [6.45, 7) is 8.05. The molecule has 0 unspecified atom stereocenters. The molecule has 5 heteroatoms. The van der Waals surface area contributed by atoms with Crippen LogP contribution in [0.4, 0.5) is 4.79 Å². The number of hydrogen-bond donors (Lipinski definition) is 2. The molecule has 0 radical (unpaired) electrons. The Morgan fingerprint density at radius 2 is 2.04 bits per heavy atom. The highest BCUT2D eigenvalue weighted by atomic mass is 16.6. The Hall–Kier alpha value is -2.82. The number of alkyl carbamates (subject to hydrolysis) is 1. The number of benzene rings is 1. The van der Waals surface area contributed by atoms with Crippen LogP contribution in [-0.2, 0) is 11.3 Å². The Morgan fingerprint density at radius 3 is 2.72 bits per heavy atom. The molecule has 1 amide bonds. The van der Waals surface area contributed by atoms with Gasteiger partial charge >= 0.3 is 6.09 Å². The number of ether oxygens (including phenoxy) is 1. The lowest BCUT2D eigenvalue weighted by Crippen LogP contribution is -2.32. The molecular formula is C20H23N3O2. The summed E-state index contributed by atoms with van der Waals surface area (Å²) in [5.74, 6) is 0. The first-order chi connectivity index (χ1) is 11.8. The van der Waals surface area contributed by atoms with E-state index < -0.39 is 11.7 Å². The number of nitrogens with one attached hydrogen (secondary N) is 2. The molecule has 3 rings (SSSR count). The van der Waals surface area contributed by atoms with Crippen LogP contribution >= 0.6 is 0 Å². The molecule has 25 heavy (non-hydrogen) atoms. The molecule has 130 valence electrons. The van der Waals surface area contributed by atoms with E-state index in [1.807, 2.05) is 51.1 Å². The Morgan fingerprint density at radius 1 is 1.24 bits per heavy atom. The number of amides is 1. The monoisotopic (exact) mass is 337 g/mol. The summed E-state index contributed by atoms with van der Waals surface area (Å²) in [5.41, 5.74) is 4.67. The third-order valence-electron chi connectivity index (χ3n) is 3.88. The van der Waals surface area contributed by atoms with Crippen molar-refractivity contribution < 1.29 is 9.53 Å². The average Bonchev–Trinajstić information content (AvgIpc) is 2.89. The van der Waals surface area contributed by atoms with Crippen molar-refractivity contribution in [1.29, 1.82) is 0 Å². The molecule has 2 aromatic heterocycles. The van der Waals surface area contributed by atoms with Crippen LogP contribution in [0.2, 0.25) is 0 Å². The molecule has 0 aliphatic rings. The first kappa shape index (κ1) is 17.0. The van der Waals surface area contributed by atoms with Crippen molar-refractivity contribution >= 4 is 17.0 Å². The summed E-state index contributed by atoms with van der Waals surface area (Å²) in [5, 5.41) is 3.92. The molecule has 2 N–H and O–H groups in total. The van der Waals surface area contributed by atoms with Crippen molar-refractivity contribution in [3.05, 3.63) is 53.7 Å². The SMILES string of the molecule is Cc1c(-c2ccccn2)[nH]c2ccc(CNC(=O)OC(C)(C)C)cc12. The zero-order chi connectivity index (χ0) is 18.0. The summed E-state index contributed by atoms with van der Waals surface area (Å²) in [6, 6.07) is 12.0. The summed E-state index contributed by atoms with van der Waals surface area (Å²) in [7, 11) is 0. The molecule has 0 saturated carbocycles. The number of carbonyl (C=O) groups is 1. The van der Waals surface area contributed by atoms with E-state index in [1.165, 1.54) is 0 Å². The van der Waals surface area contributed by atoms with Crippen LogP contribution < -0.4 is 5.32 Å². The van der Waals surface area contributed by atoms with Crippen molar-refractivity contribution in [2.45, 2.75) is 39.8 Å². The fourth-order valence-corrected chi connectivity index (χ4v) is 2.74. The molecule has 0 aliphatic carbocycles. The van der Waals surface area contributed by atoms with Crippen molar-refractivity contribution in [2.24, 2.45) is 0 Å². The summed E-state index contributed by atoms with van der Waals surface area (Å²) in [6.07, 6.45) is 1.38. The van der Waals surface area contributed by atoms with Crippen LogP contribution in [-0.4, -0.2) is 21.7 Å². The lowest BCUT2D eigenvalue weighted by molar-refractivity contribution is 0.0523. The van der Waals surface area contributed by atoms with Gasteiger partial charge in [-0.25, -0.2) is 4.79 Å². The first-order valence-corrected chi connectivity index (χ1v) is 8.33. The zero-order valence-corrected chi connectivity index (χ0v) is 15.0. The molecule has 0 bridgehead atoms. The van der Waals surface area contributed by atoms with Crippen molar-refractivity contribution in [2.75, 3.05) is 0 Å². The Labute approximate surface area is 147 Å². The quantitative estimate of drug-likeness (QED) is 0.736. The van der Waals surface area contributed by atoms with Crippen LogP contribution in [0.25, 0.3) is 22.3 Å². The van der Waals surface area contributed by atoms with Gasteiger partial charge in [-0.15, -0.1) is 0 Å². The maximum absolute atomic E-state index is 11.8. The lowest BCUT2D eigenvalue weighted by atomic mass is 10.1. The standard InChI is InChI=1S/C20H23N3O2/c1-13-15-11-14(12-22-19(24)25-20(2,3)4)8-9-16(15)23-18(13)17-7-5-6-10-21-17/h5-11,23H,12H2,1-4H3,(H,22,24). The highest BCUT2D eigenvalue weighted by Gasteiger charge is 2.16. The number of aromatic amines is 1. The second-order valence-electron chi connectivity index (χ2n) is 7.08. The maximum atomic E-state index is 11.8. The molecule has 0 atom stereocenters. The topological polar surface area (TPSA) is 67.0 Å². The third-order valence-corrected chi connectivity index (χ3v) is 3.88. The predicted molar refractivity (Wildman–Crippen MR) is 99.3 cm³/mol. The Bertz CT molecular complexity index is 892. The van der Waals surface area contributed by atoms with Gasteiger partial charge in [-0.3, -0.25) is 4.98 Å². The van der Waals surface area contributed by atoms with Crippen LogP contribution in [0, 0.1) is 6.92 Å². The highest BCUT2D eigenvalue weighted by Crippen LogP contribution is 2.29. The Balaban J connectivity index is 1.81. The van der Waals surface area contributed by atoms with Gasteiger partial charge in [0.05, 0.1) is 11.4 Å². The molecule has 0 fully saturated rings. The van der Waals surface area contributed by atoms with E-state index in [0.29, 0.717) is 6.54 Å². The van der Waals surface area contributed by atoms with Gasteiger partial charge in [0.25, 0.3) is 0 Å². The third kappa shape index (κ3) is 3.99. The van der Waals surface area contributed by atoms with Crippen LogP contribution in [0.5, 0.6) is 0 Å². The second kappa shape index (κ2) is 6.59. The molecule has 0 saturated heterocycles. The van der Waals surface area contributed by atoms with Gasteiger partial charge < -0.3 is 15.0 Å². The number of rotatable bonds is 3. The summed E-state index contributed by atoms with van der Waals surface area (Å²) >= 11 is 0. The van der Waals surface area contributed by atoms with E-state index in [1.54, 1.807) is 6.20 Å². The molecule has 5 nitrogen and oxygen atoms in total. The highest BCUT2D eigenvalue weighted by molar-refractivity contribution is 5.90. The van der Waals surface area contributed by atoms with Gasteiger partial charge in [0, 0.05) is 23.6 Å². The molecular weight excluding hydrogens is 314 g/mol. The van der Waals surface area contributed by atoms with Crippen LogP contribution in [0.3, 0.4) is 0 Å². The molecule has 3 aromatic rings. The van der Waals surface area contributed by atoms with Gasteiger partial charge in [0.2, 0.25) is 0 Å². The zero-order valence-electron chi connectivity index (χ0n) is 15.0. The number of H-pyrrole nitrogens is 1. The van der Waals surface area contributed by atoms with Gasteiger partial charge in [0.15, 0.2) is 0 Å². The number of carbonyl (C=O) groups excluding carboxylic acids is 1. The van der Waals surface area contributed by atoms with Crippen molar-refractivity contribution in [3.8, 4) is 11.4 Å². The number of fused-ring (bicyclic) bond motifs is 1. The molecule has 0 aliphatic heterocycles. The van der Waals surface area contributed by atoms with E-state index in [0.717, 1.165) is 33.4 Å². The van der Waals surface area contributed by atoms with Gasteiger partial charge in [-0.05, 0) is 63.1 Å². The Kier molecular flexibility index (Phi) is 4.49. The number of nitrogens with zero attached hydrogens (tertiary/aromatic N) is 1. The molecule has 0 spiro atoms. The van der Waals surface area contributed by atoms with Crippen LogP contribution in [0.15, 0.2) is 42.6 Å². The number of aryl methyl sites for hydroxylation is 1. The van der Waals surface area contributed by atoms with Gasteiger partial charge in [-0.2, -0.15) is 0 Å². The van der Waals surface area contributed by atoms with E-state index in [-0.39, 0.29) is 0 Å². The lowest BCUT2D eigenvalue weighted by Gasteiger charge is -2.19. The minimum Gasteiger partial charge on any atom is -0.444 e. The summed E-state index contributed by atoms with van der Waals surface area (Å²) in [4.78, 5) is 19.6. The van der Waals surface area contributed by atoms with Gasteiger partial charge in [0.1, 0.15) is 5.60 Å². The number of aromatic nitrogens is 2. The fraction of sp³-hybridized carbons (Fsp3) is 0.300. The predicted octanol–water partition coefficient (Wildman–Crippen LogP) is 4.56. The normalized spacial score (nSPS) is 11.5. The van der Waals surface area contributed by atoms with E-state index >= 15 is 0 Å². The number of hydrogen-bond acceptors (Lipinski definition) is 3. The maximum Gasteiger partial charge on any atom is 0.407 e. The second-order valence-corrected chi connectivity index (χ2v) is 7.08. The van der Waals surface area contributed by atoms with Crippen molar-refractivity contribution in [1.82, 2.24) is 15.3 Å². The van der Waals surface area contributed by atoms with Gasteiger partial charge in [-0.1, -0.05) is 12.1 Å². The average molecular weight is 337 g/mol. The first-order valence-electron chi connectivity index (χ1n) is 8.33. The van der Waals surface area contributed by atoms with E-state index in [9.17, 15) is 4.79 Å². The minimum atomic E-state index is -0.497. The fourth-order valence-electron chi connectivity index (χ4n) is 2.74. The smallest absolute Gasteiger partial charge is 0.407 e. The summed E-state index contributed by atoms with van der Waals surface area (Å²) < 4.78 is 5.27. The van der Waals surface area contributed by atoms with E-state index in [4.69, 9.17) is 4.74 Å².